The molecule has 192 valence electrons. The van der Waals surface area contributed by atoms with Gasteiger partial charge in [-0.25, -0.2) is 4.57 Å². The van der Waals surface area contributed by atoms with Gasteiger partial charge in [0.25, 0.3) is 0 Å². The maximum Gasteiger partial charge on any atom is 0.472 e. The highest BCUT2D eigenvalue weighted by Crippen LogP contribution is 2.45. The first-order valence-corrected chi connectivity index (χ1v) is 12.8. The lowest BCUT2D eigenvalue weighted by Gasteiger charge is -2.29. The van der Waals surface area contributed by atoms with E-state index in [1.165, 1.54) is 5.56 Å². The van der Waals surface area contributed by atoms with Crippen molar-refractivity contribution in [2.45, 2.75) is 64.9 Å². The summed E-state index contributed by atoms with van der Waals surface area (Å²) < 4.78 is 28.6. The lowest BCUT2D eigenvalue weighted by Crippen LogP contribution is -2.42. The number of rotatable bonds is 17. The third-order valence-corrected chi connectivity index (χ3v) is 5.89. The van der Waals surface area contributed by atoms with Gasteiger partial charge in [-0.15, -0.1) is 0 Å². The van der Waals surface area contributed by atoms with Crippen LogP contribution in [-0.4, -0.2) is 72.9 Å². The van der Waals surface area contributed by atoms with Gasteiger partial charge in [-0.05, 0) is 38.3 Å². The number of carboxylic acids is 1. The third kappa shape index (κ3) is 15.9. The molecule has 0 saturated carbocycles. The second-order valence-electron chi connectivity index (χ2n) is 9.34. The van der Waals surface area contributed by atoms with E-state index in [0.29, 0.717) is 17.5 Å². The van der Waals surface area contributed by atoms with E-state index in [1.807, 2.05) is 27.2 Å². The second kappa shape index (κ2) is 15.4. The number of carboxylic acid groups (broad SMARTS) is 1. The molecular formula is C23H42NO8P. The minimum Gasteiger partial charge on any atom is -0.870 e. The Morgan fingerprint density at radius 3 is 2.15 bits per heavy atom. The maximum atomic E-state index is 12.2. The van der Waals surface area contributed by atoms with Gasteiger partial charge in [0.15, 0.2) is 0 Å². The molecule has 2 unspecified atom stereocenters. The quantitative estimate of drug-likeness (QED) is 0.185. The van der Waals surface area contributed by atoms with E-state index in [1.54, 1.807) is 0 Å². The Morgan fingerprint density at radius 1 is 1.03 bits per heavy atom. The van der Waals surface area contributed by atoms with Gasteiger partial charge in [0.1, 0.15) is 18.4 Å². The molecule has 0 bridgehead atoms. The van der Waals surface area contributed by atoms with Crippen LogP contribution >= 0.6 is 7.82 Å². The SMILES string of the molecule is Cc1ccc(OCCCCCCCCOP(=O)(O)OC(CC(=O)O)C[N+](C)(C)C)c(C)c1.[OH-]. The van der Waals surface area contributed by atoms with E-state index < -0.39 is 19.9 Å². The molecule has 0 saturated heterocycles. The summed E-state index contributed by atoms with van der Waals surface area (Å²) in [7, 11) is 1.29. The average molecular weight is 492 g/mol. The molecule has 0 amide bonds. The average Bonchev–Trinajstić information content (AvgIpc) is 2.62. The number of phosphoric acid groups is 1. The fourth-order valence-corrected chi connectivity index (χ4v) is 4.33. The number of phosphoric ester groups is 1. The van der Waals surface area contributed by atoms with Crippen molar-refractivity contribution in [1.29, 1.82) is 0 Å². The smallest absolute Gasteiger partial charge is 0.472 e. The zero-order valence-corrected chi connectivity index (χ0v) is 21.6. The number of carbonyl (C=O) groups is 1. The first-order valence-electron chi connectivity index (χ1n) is 11.3. The Morgan fingerprint density at radius 2 is 1.61 bits per heavy atom. The number of ether oxygens (including phenoxy) is 1. The van der Waals surface area contributed by atoms with E-state index in [2.05, 4.69) is 26.0 Å². The van der Waals surface area contributed by atoms with Crippen molar-refractivity contribution in [2.75, 3.05) is 40.9 Å². The fourth-order valence-electron chi connectivity index (χ4n) is 3.39. The highest BCUT2D eigenvalue weighted by atomic mass is 31.2. The molecule has 0 heterocycles. The first-order chi connectivity index (χ1) is 14.9. The van der Waals surface area contributed by atoms with E-state index in [4.69, 9.17) is 18.9 Å². The number of hydrogen-bond donors (Lipinski definition) is 2. The summed E-state index contributed by atoms with van der Waals surface area (Å²) in [6, 6.07) is 6.18. The number of hydrogen-bond acceptors (Lipinski definition) is 6. The highest BCUT2D eigenvalue weighted by molar-refractivity contribution is 7.47. The molecule has 1 aromatic carbocycles. The number of benzene rings is 1. The predicted octanol–water partition coefficient (Wildman–Crippen LogP) is 4.53. The molecule has 1 aromatic rings. The molecule has 0 aliphatic carbocycles. The summed E-state index contributed by atoms with van der Waals surface area (Å²) in [5.41, 5.74) is 2.38. The van der Waals surface area contributed by atoms with E-state index in [0.717, 1.165) is 43.4 Å². The van der Waals surface area contributed by atoms with Crippen molar-refractivity contribution >= 4 is 13.8 Å². The summed E-state index contributed by atoms with van der Waals surface area (Å²) in [5, 5.41) is 9.00. The molecule has 2 atom stereocenters. The van der Waals surface area contributed by atoms with Crippen LogP contribution in [0.25, 0.3) is 0 Å². The molecule has 0 radical (unpaired) electrons. The predicted molar refractivity (Wildman–Crippen MR) is 127 cm³/mol. The summed E-state index contributed by atoms with van der Waals surface area (Å²) in [5.74, 6) is -0.140. The van der Waals surface area contributed by atoms with Gasteiger partial charge in [0, 0.05) is 0 Å². The highest BCUT2D eigenvalue weighted by Gasteiger charge is 2.31. The molecule has 9 nitrogen and oxygen atoms in total. The van der Waals surface area contributed by atoms with Crippen molar-refractivity contribution < 1.29 is 43.1 Å². The van der Waals surface area contributed by atoms with Gasteiger partial charge in [-0.1, -0.05) is 43.4 Å². The van der Waals surface area contributed by atoms with Crippen LogP contribution in [0, 0.1) is 13.8 Å². The van der Waals surface area contributed by atoms with E-state index >= 15 is 0 Å². The summed E-state index contributed by atoms with van der Waals surface area (Å²) in [6.45, 7) is 5.21. The minimum atomic E-state index is -4.29. The monoisotopic (exact) mass is 491 g/mol. The first kappa shape index (κ1) is 31.5. The van der Waals surface area contributed by atoms with Crippen molar-refractivity contribution in [3.8, 4) is 5.75 Å². The largest absolute Gasteiger partial charge is 0.870 e. The van der Waals surface area contributed by atoms with Crippen LogP contribution in [0.4, 0.5) is 0 Å². The Labute approximate surface area is 198 Å². The molecule has 0 spiro atoms. The molecule has 10 heteroatoms. The van der Waals surface area contributed by atoms with Crippen molar-refractivity contribution in [2.24, 2.45) is 0 Å². The van der Waals surface area contributed by atoms with Crippen LogP contribution in [0.2, 0.25) is 0 Å². The maximum absolute atomic E-state index is 12.2. The Bertz CT molecular complexity index is 750. The summed E-state index contributed by atoms with van der Waals surface area (Å²) in [4.78, 5) is 20.9. The van der Waals surface area contributed by atoms with Crippen molar-refractivity contribution in [1.82, 2.24) is 0 Å². The molecule has 3 N–H and O–H groups in total. The summed E-state index contributed by atoms with van der Waals surface area (Å²) in [6.07, 6.45) is 4.41. The van der Waals surface area contributed by atoms with Crippen LogP contribution in [0.15, 0.2) is 18.2 Å². The van der Waals surface area contributed by atoms with Gasteiger partial charge >= 0.3 is 13.8 Å². The molecule has 0 aromatic heterocycles. The summed E-state index contributed by atoms with van der Waals surface area (Å²) >= 11 is 0. The zero-order valence-electron chi connectivity index (χ0n) is 20.7. The van der Waals surface area contributed by atoms with Crippen LogP contribution in [0.1, 0.15) is 56.1 Å². The van der Waals surface area contributed by atoms with E-state index in [-0.39, 0.29) is 25.0 Å². The number of quaternary nitrogens is 1. The van der Waals surface area contributed by atoms with E-state index in [9.17, 15) is 14.3 Å². The minimum absolute atomic E-state index is 0. The number of aliphatic carboxylic acids is 1. The van der Waals surface area contributed by atoms with Crippen LogP contribution in [0.5, 0.6) is 5.75 Å². The second-order valence-corrected chi connectivity index (χ2v) is 10.7. The van der Waals surface area contributed by atoms with Crippen LogP contribution < -0.4 is 4.74 Å². The Kier molecular flexibility index (Phi) is 14.7. The standard InChI is InChI=1S/C23H40NO7P.H2O/c1-19-12-13-22(20(2)16-19)29-14-10-8-6-7-9-11-15-30-32(27,28)31-21(17-23(25)26)18-24(3,4)5;/h12-13,16,21H,6-11,14-15,17-18H2,1-5H3,(H-,25,26,27,28);1H2. The third-order valence-electron chi connectivity index (χ3n) is 4.82. The van der Waals surface area contributed by atoms with Gasteiger partial charge in [0.05, 0.1) is 40.8 Å². The number of aryl methyl sites for hydroxylation is 2. The molecular weight excluding hydrogens is 449 g/mol. The topological polar surface area (TPSA) is 132 Å². The van der Waals surface area contributed by atoms with Gasteiger partial charge < -0.3 is 24.7 Å². The number of nitrogens with zero attached hydrogens (tertiary/aromatic N) is 1. The van der Waals surface area contributed by atoms with Gasteiger partial charge in [-0.3, -0.25) is 13.8 Å². The number of likely N-dealkylation sites (N-methyl/N-ethyl adjacent to an activating group) is 1. The van der Waals surface area contributed by atoms with Crippen molar-refractivity contribution in [3.05, 3.63) is 29.3 Å². The molecule has 0 aliphatic heterocycles. The fraction of sp³-hybridized carbons (Fsp3) is 0.696. The van der Waals surface area contributed by atoms with Gasteiger partial charge in [0.2, 0.25) is 0 Å². The molecule has 33 heavy (non-hydrogen) atoms. The molecule has 0 aliphatic rings. The Balaban J connectivity index is 0.0000102. The van der Waals surface area contributed by atoms with Crippen LogP contribution in [0.3, 0.4) is 0 Å². The Hall–Kier alpha value is -1.48. The number of unbranched alkanes of at least 4 members (excludes halogenated alkanes) is 5. The normalized spacial score (nSPS) is 14.2. The van der Waals surface area contributed by atoms with Gasteiger partial charge in [-0.2, -0.15) is 0 Å². The lowest BCUT2D eigenvalue weighted by atomic mass is 10.1. The zero-order chi connectivity index (χ0) is 24.2. The van der Waals surface area contributed by atoms with Crippen LogP contribution in [-0.2, 0) is 18.4 Å². The molecule has 1 rings (SSSR count). The molecule has 0 fully saturated rings. The van der Waals surface area contributed by atoms with Crippen molar-refractivity contribution in [3.63, 3.8) is 0 Å². The lowest BCUT2D eigenvalue weighted by molar-refractivity contribution is -0.873.